The number of hydrogen-bond acceptors (Lipinski definition) is 6. The van der Waals surface area contributed by atoms with Crippen molar-refractivity contribution in [3.63, 3.8) is 0 Å². The van der Waals surface area contributed by atoms with Gasteiger partial charge in [0.05, 0.1) is 12.3 Å². The predicted octanol–water partition coefficient (Wildman–Crippen LogP) is 2.30. The van der Waals surface area contributed by atoms with E-state index in [2.05, 4.69) is 36.7 Å². The van der Waals surface area contributed by atoms with Gasteiger partial charge in [0.1, 0.15) is 5.76 Å². The first-order valence-electron chi connectivity index (χ1n) is 9.77. The first kappa shape index (κ1) is 19.4. The van der Waals surface area contributed by atoms with Gasteiger partial charge >= 0.3 is 0 Å². The van der Waals surface area contributed by atoms with E-state index in [9.17, 15) is 0 Å². The number of aliphatic imine (C=N–C) groups is 1. The van der Waals surface area contributed by atoms with Gasteiger partial charge in [0.15, 0.2) is 11.8 Å². The molecule has 3 heterocycles. The van der Waals surface area contributed by atoms with Crippen LogP contribution in [0.25, 0.3) is 0 Å². The van der Waals surface area contributed by atoms with Gasteiger partial charge in [-0.2, -0.15) is 4.98 Å². The van der Waals surface area contributed by atoms with Crippen molar-refractivity contribution in [3.05, 3.63) is 35.9 Å². The van der Waals surface area contributed by atoms with Crippen molar-refractivity contribution in [2.45, 2.75) is 45.1 Å². The van der Waals surface area contributed by atoms with Crippen LogP contribution in [0, 0.1) is 6.92 Å². The maximum Gasteiger partial charge on any atom is 0.226 e. The summed E-state index contributed by atoms with van der Waals surface area (Å²) in [4.78, 5) is 11.0. The minimum absolute atomic E-state index is 0.222. The Bertz CT molecular complexity index is 691. The molecule has 148 valence electrons. The number of guanidine groups is 1. The molecule has 0 radical (unpaired) electrons. The highest BCUT2D eigenvalue weighted by molar-refractivity contribution is 5.79. The predicted molar refractivity (Wildman–Crippen MR) is 104 cm³/mol. The number of hydrogen-bond donors (Lipinski definition) is 2. The Morgan fingerprint density at radius 3 is 2.81 bits per heavy atom. The maximum absolute atomic E-state index is 5.70. The molecule has 8 nitrogen and oxygen atoms in total. The Kier molecular flexibility index (Phi) is 7.27. The molecule has 8 heteroatoms. The molecule has 1 aliphatic rings. The van der Waals surface area contributed by atoms with Crippen LogP contribution in [-0.2, 0) is 6.42 Å². The summed E-state index contributed by atoms with van der Waals surface area (Å²) in [6.45, 7) is 5.60. The summed E-state index contributed by atoms with van der Waals surface area (Å²) in [5.74, 6) is 3.16. The van der Waals surface area contributed by atoms with Crippen molar-refractivity contribution in [2.75, 3.05) is 33.2 Å². The Balaban J connectivity index is 1.46. The summed E-state index contributed by atoms with van der Waals surface area (Å²) in [5.41, 5.74) is 0. The quantitative estimate of drug-likeness (QED) is 0.416. The van der Waals surface area contributed by atoms with Crippen LogP contribution in [0.2, 0.25) is 0 Å². The van der Waals surface area contributed by atoms with Crippen LogP contribution in [0.5, 0.6) is 0 Å². The molecule has 0 aromatic carbocycles. The lowest BCUT2D eigenvalue weighted by molar-refractivity contribution is 0.146. The second kappa shape index (κ2) is 10.1. The van der Waals surface area contributed by atoms with Gasteiger partial charge < -0.3 is 19.6 Å². The van der Waals surface area contributed by atoms with E-state index in [-0.39, 0.29) is 6.04 Å². The summed E-state index contributed by atoms with van der Waals surface area (Å²) in [7, 11) is 1.79. The van der Waals surface area contributed by atoms with E-state index in [0.29, 0.717) is 11.7 Å². The zero-order valence-corrected chi connectivity index (χ0v) is 16.3. The molecule has 0 amide bonds. The molecule has 0 aliphatic carbocycles. The normalized spacial score (nSPS) is 17.0. The van der Waals surface area contributed by atoms with Gasteiger partial charge in [0.25, 0.3) is 0 Å². The molecule has 0 saturated carbocycles. The van der Waals surface area contributed by atoms with Crippen molar-refractivity contribution >= 4 is 5.96 Å². The fourth-order valence-electron chi connectivity index (χ4n) is 3.42. The molecular weight excluding hydrogens is 344 g/mol. The first-order chi connectivity index (χ1) is 13.3. The molecule has 1 fully saturated rings. The summed E-state index contributed by atoms with van der Waals surface area (Å²) in [6, 6.07) is 4.24. The monoisotopic (exact) mass is 374 g/mol. The zero-order valence-electron chi connectivity index (χ0n) is 16.3. The number of furan rings is 1. The smallest absolute Gasteiger partial charge is 0.226 e. The highest BCUT2D eigenvalue weighted by Crippen LogP contribution is 2.24. The van der Waals surface area contributed by atoms with E-state index in [1.54, 1.807) is 13.3 Å². The van der Waals surface area contributed by atoms with Crippen molar-refractivity contribution in [3.8, 4) is 0 Å². The van der Waals surface area contributed by atoms with Crippen molar-refractivity contribution in [2.24, 2.45) is 4.99 Å². The molecule has 2 aromatic heterocycles. The van der Waals surface area contributed by atoms with Crippen LogP contribution in [0.15, 0.2) is 32.3 Å². The summed E-state index contributed by atoms with van der Waals surface area (Å²) in [5, 5.41) is 10.6. The van der Waals surface area contributed by atoms with Gasteiger partial charge in [-0.1, -0.05) is 11.6 Å². The fraction of sp³-hybridized carbons (Fsp3) is 0.632. The molecule has 0 spiro atoms. The second-order valence-corrected chi connectivity index (χ2v) is 6.85. The van der Waals surface area contributed by atoms with E-state index in [1.807, 2.05) is 13.0 Å². The number of piperidine rings is 1. The van der Waals surface area contributed by atoms with Crippen LogP contribution in [0.3, 0.4) is 0 Å². The summed E-state index contributed by atoms with van der Waals surface area (Å²) in [6.07, 6.45) is 7.22. The lowest BCUT2D eigenvalue weighted by Crippen LogP contribution is -2.44. The van der Waals surface area contributed by atoms with Crippen LogP contribution in [0.1, 0.15) is 49.2 Å². The number of rotatable bonds is 8. The number of nitrogens with one attached hydrogen (secondary N) is 2. The molecular formula is C19H30N6O2. The van der Waals surface area contributed by atoms with E-state index < -0.39 is 0 Å². The van der Waals surface area contributed by atoms with Crippen molar-refractivity contribution in [1.82, 2.24) is 25.7 Å². The number of aryl methyl sites for hydroxylation is 2. The van der Waals surface area contributed by atoms with E-state index >= 15 is 0 Å². The second-order valence-electron chi connectivity index (χ2n) is 6.85. The number of aromatic nitrogens is 2. The Morgan fingerprint density at radius 1 is 1.30 bits per heavy atom. The number of likely N-dealkylation sites (tertiary alicyclic amines) is 1. The average Bonchev–Trinajstić information content (AvgIpc) is 3.36. The molecule has 0 bridgehead atoms. The van der Waals surface area contributed by atoms with Gasteiger partial charge in [0, 0.05) is 26.6 Å². The number of nitrogens with zero attached hydrogens (tertiary/aromatic N) is 4. The van der Waals surface area contributed by atoms with E-state index in [1.165, 1.54) is 19.3 Å². The summed E-state index contributed by atoms with van der Waals surface area (Å²) >= 11 is 0. The first-order valence-corrected chi connectivity index (χ1v) is 9.77. The Hall–Kier alpha value is -2.35. The summed E-state index contributed by atoms with van der Waals surface area (Å²) < 4.78 is 10.8. The van der Waals surface area contributed by atoms with Crippen molar-refractivity contribution < 1.29 is 8.94 Å². The molecule has 1 saturated heterocycles. The van der Waals surface area contributed by atoms with Gasteiger partial charge in [-0.15, -0.1) is 0 Å². The van der Waals surface area contributed by atoms with Crippen LogP contribution < -0.4 is 10.6 Å². The van der Waals surface area contributed by atoms with Crippen LogP contribution in [-0.4, -0.2) is 54.2 Å². The van der Waals surface area contributed by atoms with Gasteiger partial charge in [0.2, 0.25) is 5.89 Å². The fourth-order valence-corrected chi connectivity index (χ4v) is 3.42. The van der Waals surface area contributed by atoms with Crippen molar-refractivity contribution in [1.29, 1.82) is 0 Å². The van der Waals surface area contributed by atoms with Crippen LogP contribution >= 0.6 is 0 Å². The van der Waals surface area contributed by atoms with Gasteiger partial charge in [-0.05, 0) is 51.4 Å². The molecule has 1 aliphatic heterocycles. The minimum Gasteiger partial charge on any atom is -0.468 e. The Morgan fingerprint density at radius 2 is 2.15 bits per heavy atom. The standard InChI is InChI=1S/C19H30N6O2/c1-15-23-18(27-24-15)9-6-10-21-19(20-2)22-14-16(17-8-7-13-26-17)25-11-4-3-5-12-25/h7-8,13,16H,3-6,9-12,14H2,1-2H3,(H2,20,21,22). The molecule has 1 atom stereocenters. The van der Waals surface area contributed by atoms with E-state index in [0.717, 1.165) is 50.7 Å². The van der Waals surface area contributed by atoms with Gasteiger partial charge in [-0.25, -0.2) is 0 Å². The Labute approximate surface area is 160 Å². The van der Waals surface area contributed by atoms with Gasteiger partial charge in [-0.3, -0.25) is 9.89 Å². The third kappa shape index (κ3) is 5.82. The van der Waals surface area contributed by atoms with Crippen LogP contribution in [0.4, 0.5) is 0 Å². The molecule has 1 unspecified atom stereocenters. The lowest BCUT2D eigenvalue weighted by atomic mass is 10.1. The third-order valence-corrected chi connectivity index (χ3v) is 4.82. The average molecular weight is 374 g/mol. The molecule has 2 N–H and O–H groups in total. The molecule has 3 rings (SSSR count). The molecule has 2 aromatic rings. The topological polar surface area (TPSA) is 91.7 Å². The maximum atomic E-state index is 5.70. The highest BCUT2D eigenvalue weighted by Gasteiger charge is 2.24. The minimum atomic E-state index is 0.222. The van der Waals surface area contributed by atoms with E-state index in [4.69, 9.17) is 8.94 Å². The lowest BCUT2D eigenvalue weighted by Gasteiger charge is -2.33. The highest BCUT2D eigenvalue weighted by atomic mass is 16.5. The zero-order chi connectivity index (χ0) is 18.9. The third-order valence-electron chi connectivity index (χ3n) is 4.82. The largest absolute Gasteiger partial charge is 0.468 e. The SMILES string of the molecule is CN=C(NCCCc1nc(C)no1)NCC(c1ccco1)N1CCCCC1. The molecule has 27 heavy (non-hydrogen) atoms.